The summed E-state index contributed by atoms with van der Waals surface area (Å²) in [6.07, 6.45) is -0.648. The predicted molar refractivity (Wildman–Crippen MR) is 182 cm³/mol. The first-order valence-corrected chi connectivity index (χ1v) is 17.7. The van der Waals surface area contributed by atoms with E-state index in [1.165, 1.54) is 12.1 Å². The number of hydrogen-bond acceptors (Lipinski definition) is 7. The minimum Gasteiger partial charge on any atom is -0.494 e. The standard InChI is InChI=1S/C34H31BrCl2N2O6S/c35-28-10-5-4-9-27(28)31-34(17-20-46(42,43)26-7-2-1-3-8-26,33(41)38-22-23-11-16-29(36)30(37)21-23)39-32(45-31)24-12-14-25(15-13-24)44-19-6-18-40/h1-5,7-16,21,31,40H,6,17-20,22H2,(H,38,41)/t31-,34-/m1/s1. The first-order chi connectivity index (χ1) is 22.1. The van der Waals surface area contributed by atoms with Crippen molar-refractivity contribution < 1.29 is 27.8 Å². The average Bonchev–Trinajstić information content (AvgIpc) is 3.46. The molecule has 0 spiro atoms. The number of carbonyl (C=O) groups is 1. The second kappa shape index (κ2) is 15.0. The molecule has 4 aromatic carbocycles. The first-order valence-electron chi connectivity index (χ1n) is 14.5. The zero-order valence-electron chi connectivity index (χ0n) is 24.5. The maximum absolute atomic E-state index is 14.4. The smallest absolute Gasteiger partial charge is 0.252 e. The van der Waals surface area contributed by atoms with Crippen molar-refractivity contribution in [1.82, 2.24) is 5.32 Å². The minimum atomic E-state index is -3.79. The second-order valence-corrected chi connectivity index (χ2v) is 14.4. The Morgan fingerprint density at radius 1 is 0.978 bits per heavy atom. The Kier molecular flexibility index (Phi) is 11.1. The molecule has 12 heteroatoms. The van der Waals surface area contributed by atoms with Crippen LogP contribution in [0.1, 0.15) is 35.6 Å². The molecule has 0 bridgehead atoms. The highest BCUT2D eigenvalue weighted by molar-refractivity contribution is 9.10. The monoisotopic (exact) mass is 744 g/mol. The van der Waals surface area contributed by atoms with Crippen LogP contribution in [0.2, 0.25) is 10.0 Å². The van der Waals surface area contributed by atoms with Crippen LogP contribution in [0.25, 0.3) is 0 Å². The molecular formula is C34H31BrCl2N2O6S. The highest BCUT2D eigenvalue weighted by atomic mass is 79.9. The van der Waals surface area contributed by atoms with Gasteiger partial charge in [-0.05, 0) is 60.2 Å². The van der Waals surface area contributed by atoms with Gasteiger partial charge in [-0.15, -0.1) is 0 Å². The number of hydrogen-bond donors (Lipinski definition) is 2. The molecule has 0 unspecified atom stereocenters. The van der Waals surface area contributed by atoms with E-state index in [9.17, 15) is 13.2 Å². The summed E-state index contributed by atoms with van der Waals surface area (Å²) >= 11 is 15.9. The molecule has 2 N–H and O–H groups in total. The second-order valence-electron chi connectivity index (χ2n) is 10.6. The van der Waals surface area contributed by atoms with Gasteiger partial charge in [0.25, 0.3) is 5.91 Å². The number of rotatable bonds is 13. The molecule has 46 heavy (non-hydrogen) atoms. The van der Waals surface area contributed by atoms with Gasteiger partial charge in [0.2, 0.25) is 5.90 Å². The third-order valence-corrected chi connectivity index (χ3v) is 10.7. The van der Waals surface area contributed by atoms with Crippen LogP contribution in [0.5, 0.6) is 5.75 Å². The van der Waals surface area contributed by atoms with E-state index in [4.69, 9.17) is 42.8 Å². The van der Waals surface area contributed by atoms with E-state index in [0.29, 0.717) is 50.0 Å². The SMILES string of the molecule is O=C(NCc1ccc(Cl)c(Cl)c1)[C@]1(CCS(=O)(=O)c2ccccc2)N=C(c2ccc(OCCCO)cc2)O[C@@H]1c1ccccc1Br. The van der Waals surface area contributed by atoms with Gasteiger partial charge in [0.1, 0.15) is 5.75 Å². The lowest BCUT2D eigenvalue weighted by Gasteiger charge is -2.31. The van der Waals surface area contributed by atoms with Crippen LogP contribution in [-0.2, 0) is 25.9 Å². The molecule has 1 amide bonds. The van der Waals surface area contributed by atoms with Crippen LogP contribution in [-0.4, -0.2) is 49.8 Å². The van der Waals surface area contributed by atoms with E-state index in [0.717, 1.165) is 0 Å². The third kappa shape index (κ3) is 7.75. The molecule has 1 heterocycles. The van der Waals surface area contributed by atoms with E-state index < -0.39 is 27.4 Å². The van der Waals surface area contributed by atoms with Gasteiger partial charge < -0.3 is 19.9 Å². The summed E-state index contributed by atoms with van der Waals surface area (Å²) in [5.41, 5.74) is 0.240. The van der Waals surface area contributed by atoms with Gasteiger partial charge in [0.05, 0.1) is 27.3 Å². The molecule has 0 saturated carbocycles. The number of nitrogens with one attached hydrogen (secondary N) is 1. The van der Waals surface area contributed by atoms with E-state index in [1.54, 1.807) is 60.7 Å². The van der Waals surface area contributed by atoms with Crippen molar-refractivity contribution in [2.75, 3.05) is 19.0 Å². The largest absolute Gasteiger partial charge is 0.494 e. The van der Waals surface area contributed by atoms with E-state index in [1.807, 2.05) is 24.3 Å². The molecule has 0 fully saturated rings. The van der Waals surface area contributed by atoms with Gasteiger partial charge >= 0.3 is 0 Å². The zero-order chi connectivity index (χ0) is 32.7. The Morgan fingerprint density at radius 2 is 1.70 bits per heavy atom. The van der Waals surface area contributed by atoms with E-state index >= 15 is 0 Å². The number of amides is 1. The summed E-state index contributed by atoms with van der Waals surface area (Å²) in [7, 11) is -3.79. The number of aliphatic imine (C=N–C) groups is 1. The van der Waals surface area contributed by atoms with Gasteiger partial charge in [-0.1, -0.05) is 81.6 Å². The molecule has 0 radical (unpaired) electrons. The Morgan fingerprint density at radius 3 is 2.39 bits per heavy atom. The molecule has 4 aromatic rings. The van der Waals surface area contributed by atoms with Crippen molar-refractivity contribution in [3.05, 3.63) is 128 Å². The number of nitrogens with zero attached hydrogens (tertiary/aromatic N) is 1. The van der Waals surface area contributed by atoms with Crippen LogP contribution >= 0.6 is 39.1 Å². The molecular weight excluding hydrogens is 715 g/mol. The summed E-state index contributed by atoms with van der Waals surface area (Å²) < 4.78 is 39.9. The lowest BCUT2D eigenvalue weighted by atomic mass is 9.85. The number of ether oxygens (including phenoxy) is 2. The Hall–Kier alpha value is -3.41. The topological polar surface area (TPSA) is 114 Å². The Labute approximate surface area is 286 Å². The van der Waals surface area contributed by atoms with Gasteiger partial charge in [-0.25, -0.2) is 13.4 Å². The van der Waals surface area contributed by atoms with Gasteiger partial charge in [-0.2, -0.15) is 0 Å². The molecule has 0 aromatic heterocycles. The van der Waals surface area contributed by atoms with Gasteiger partial charge in [0.15, 0.2) is 21.5 Å². The molecule has 0 aliphatic carbocycles. The van der Waals surface area contributed by atoms with Gasteiger partial charge in [-0.3, -0.25) is 4.79 Å². The first kappa shape index (κ1) is 33.9. The summed E-state index contributed by atoms with van der Waals surface area (Å²) in [5.74, 6) is -0.0978. The average molecular weight is 747 g/mol. The number of benzene rings is 4. The van der Waals surface area contributed by atoms with Crippen molar-refractivity contribution in [2.45, 2.75) is 35.9 Å². The van der Waals surface area contributed by atoms with Crippen molar-refractivity contribution >= 4 is 60.8 Å². The van der Waals surface area contributed by atoms with E-state index in [-0.39, 0.29) is 36.1 Å². The highest BCUT2D eigenvalue weighted by Crippen LogP contribution is 2.45. The third-order valence-electron chi connectivity index (χ3n) is 7.51. The molecule has 8 nitrogen and oxygen atoms in total. The Balaban J connectivity index is 1.56. The number of aliphatic hydroxyl groups is 1. The van der Waals surface area contributed by atoms with Gasteiger partial charge in [0, 0.05) is 41.6 Å². The number of sulfone groups is 1. The normalized spacial score (nSPS) is 17.7. The highest BCUT2D eigenvalue weighted by Gasteiger charge is 2.54. The summed E-state index contributed by atoms with van der Waals surface area (Å²) in [4.78, 5) is 19.5. The number of carbonyl (C=O) groups excluding carboxylic acids is 1. The molecule has 1 aliphatic rings. The van der Waals surface area contributed by atoms with Crippen molar-refractivity contribution in [2.24, 2.45) is 4.99 Å². The maximum Gasteiger partial charge on any atom is 0.252 e. The predicted octanol–water partition coefficient (Wildman–Crippen LogP) is 6.95. The lowest BCUT2D eigenvalue weighted by Crippen LogP contribution is -2.49. The van der Waals surface area contributed by atoms with Crippen molar-refractivity contribution in [1.29, 1.82) is 0 Å². The van der Waals surface area contributed by atoms with Crippen molar-refractivity contribution in [3.63, 3.8) is 0 Å². The minimum absolute atomic E-state index is 0.0222. The molecule has 0 saturated heterocycles. The summed E-state index contributed by atoms with van der Waals surface area (Å²) in [6.45, 7) is 0.472. The molecule has 5 rings (SSSR count). The van der Waals surface area contributed by atoms with Crippen LogP contribution in [0.3, 0.4) is 0 Å². The van der Waals surface area contributed by atoms with Crippen molar-refractivity contribution in [3.8, 4) is 5.75 Å². The number of aliphatic hydroxyl groups excluding tert-OH is 1. The quantitative estimate of drug-likeness (QED) is 0.143. The van der Waals surface area contributed by atoms with Crippen LogP contribution in [0, 0.1) is 0 Å². The number of halogens is 3. The van der Waals surface area contributed by atoms with E-state index in [2.05, 4.69) is 21.2 Å². The van der Waals surface area contributed by atoms with Crippen LogP contribution in [0.4, 0.5) is 0 Å². The van der Waals surface area contributed by atoms with Crippen LogP contribution in [0.15, 0.2) is 111 Å². The molecule has 240 valence electrons. The molecule has 2 atom stereocenters. The zero-order valence-corrected chi connectivity index (χ0v) is 28.4. The molecule has 1 aliphatic heterocycles. The van der Waals surface area contributed by atoms with Crippen LogP contribution < -0.4 is 10.1 Å². The lowest BCUT2D eigenvalue weighted by molar-refractivity contribution is -0.129. The summed E-state index contributed by atoms with van der Waals surface area (Å²) in [6, 6.07) is 27.5. The fourth-order valence-electron chi connectivity index (χ4n) is 5.06. The fourth-order valence-corrected chi connectivity index (χ4v) is 7.26. The summed E-state index contributed by atoms with van der Waals surface area (Å²) in [5, 5.41) is 12.7. The Bertz CT molecular complexity index is 1820. The maximum atomic E-state index is 14.4. The fraction of sp³-hybridized carbons (Fsp3) is 0.235.